The van der Waals surface area contributed by atoms with Crippen LogP contribution in [-0.4, -0.2) is 73.1 Å². The van der Waals surface area contributed by atoms with E-state index in [4.69, 9.17) is 9.84 Å². The molecular formula is C32H44FN3O5. The lowest BCUT2D eigenvalue weighted by Gasteiger charge is -2.44. The molecule has 224 valence electrons. The first kappa shape index (κ1) is 30.9. The first-order chi connectivity index (χ1) is 19.8. The van der Waals surface area contributed by atoms with E-state index in [9.17, 15) is 14.7 Å². The minimum atomic E-state index is -1.66. The summed E-state index contributed by atoms with van der Waals surface area (Å²) in [4.78, 5) is 26.5. The summed E-state index contributed by atoms with van der Waals surface area (Å²) in [6.45, 7) is 4.00. The molecule has 2 unspecified atom stereocenters. The first-order valence-electron chi connectivity index (χ1n) is 14.9. The van der Waals surface area contributed by atoms with Gasteiger partial charge in [0.2, 0.25) is 5.91 Å². The lowest BCUT2D eigenvalue weighted by molar-refractivity contribution is -0.168. The van der Waals surface area contributed by atoms with E-state index in [0.717, 1.165) is 44.2 Å². The molecule has 1 saturated heterocycles. The SMILES string of the molecule is CCc1cccc(-c2c(F)cccc2C(O)(CCCNC(=O)O)C2CN(C(=O)[C@H]3CC[C@H](CNC)CC3)CCO2)c1. The summed E-state index contributed by atoms with van der Waals surface area (Å²) in [5.41, 5.74) is 0.713. The Morgan fingerprint density at radius 1 is 1.15 bits per heavy atom. The number of amides is 2. The average Bonchev–Trinajstić information content (AvgIpc) is 2.99. The zero-order valence-electron chi connectivity index (χ0n) is 24.2. The highest BCUT2D eigenvalue weighted by Gasteiger charge is 2.45. The van der Waals surface area contributed by atoms with Crippen LogP contribution in [0.3, 0.4) is 0 Å². The van der Waals surface area contributed by atoms with E-state index in [1.165, 1.54) is 6.07 Å². The summed E-state index contributed by atoms with van der Waals surface area (Å²) in [6.07, 6.45) is 2.97. The van der Waals surface area contributed by atoms with Gasteiger partial charge in [0.25, 0.3) is 0 Å². The number of aliphatic hydroxyl groups is 1. The molecule has 0 spiro atoms. The summed E-state index contributed by atoms with van der Waals surface area (Å²) in [7, 11) is 1.95. The maximum absolute atomic E-state index is 15.6. The van der Waals surface area contributed by atoms with Crippen molar-refractivity contribution in [3.05, 3.63) is 59.4 Å². The molecule has 9 heteroatoms. The third-order valence-corrected chi connectivity index (χ3v) is 8.71. The van der Waals surface area contributed by atoms with Crippen LogP contribution in [0, 0.1) is 17.7 Å². The zero-order valence-corrected chi connectivity index (χ0v) is 24.2. The zero-order chi connectivity index (χ0) is 29.4. The van der Waals surface area contributed by atoms with Gasteiger partial charge in [-0.1, -0.05) is 43.3 Å². The Hall–Kier alpha value is -3.01. The minimum absolute atomic E-state index is 0.0452. The third kappa shape index (κ3) is 7.45. The summed E-state index contributed by atoms with van der Waals surface area (Å²) < 4.78 is 21.7. The van der Waals surface area contributed by atoms with Crippen molar-refractivity contribution in [3.63, 3.8) is 0 Å². The molecule has 2 aromatic rings. The average molecular weight is 570 g/mol. The molecule has 41 heavy (non-hydrogen) atoms. The fraction of sp³-hybridized carbons (Fsp3) is 0.562. The molecule has 2 atom stereocenters. The smallest absolute Gasteiger partial charge is 0.404 e. The monoisotopic (exact) mass is 569 g/mol. The number of nitrogens with one attached hydrogen (secondary N) is 2. The largest absolute Gasteiger partial charge is 0.465 e. The van der Waals surface area contributed by atoms with Gasteiger partial charge in [0.05, 0.1) is 13.2 Å². The number of halogens is 1. The van der Waals surface area contributed by atoms with E-state index < -0.39 is 23.6 Å². The number of carbonyl (C=O) groups is 2. The highest BCUT2D eigenvalue weighted by molar-refractivity contribution is 5.79. The second-order valence-corrected chi connectivity index (χ2v) is 11.4. The summed E-state index contributed by atoms with van der Waals surface area (Å²) in [5, 5.41) is 27.1. The van der Waals surface area contributed by atoms with Crippen LogP contribution >= 0.6 is 0 Å². The maximum atomic E-state index is 15.6. The number of rotatable bonds is 11. The predicted octanol–water partition coefficient (Wildman–Crippen LogP) is 4.54. The Labute approximate surface area is 242 Å². The van der Waals surface area contributed by atoms with E-state index in [1.807, 2.05) is 38.2 Å². The fourth-order valence-electron chi connectivity index (χ4n) is 6.45. The van der Waals surface area contributed by atoms with Crippen molar-refractivity contribution >= 4 is 12.0 Å². The number of carbonyl (C=O) groups excluding carboxylic acids is 1. The molecule has 4 N–H and O–H groups in total. The van der Waals surface area contributed by atoms with Gasteiger partial charge in [0, 0.05) is 24.6 Å². The molecule has 1 heterocycles. The molecule has 1 aliphatic heterocycles. The third-order valence-electron chi connectivity index (χ3n) is 8.71. The highest BCUT2D eigenvalue weighted by atomic mass is 19.1. The van der Waals surface area contributed by atoms with Crippen LogP contribution in [0.5, 0.6) is 0 Å². The van der Waals surface area contributed by atoms with Crippen molar-refractivity contribution in [3.8, 4) is 11.1 Å². The van der Waals surface area contributed by atoms with Gasteiger partial charge in [-0.05, 0) is 87.2 Å². The summed E-state index contributed by atoms with van der Waals surface area (Å²) in [5.74, 6) is 0.172. The lowest BCUT2D eigenvalue weighted by Crippen LogP contribution is -2.55. The number of benzene rings is 2. The van der Waals surface area contributed by atoms with Gasteiger partial charge in [0.1, 0.15) is 17.5 Å². The Morgan fingerprint density at radius 2 is 1.90 bits per heavy atom. The van der Waals surface area contributed by atoms with Crippen molar-refractivity contribution in [2.45, 2.75) is 63.6 Å². The standard InChI is InChI=1S/C32H44FN3O5/c1-3-22-7-4-8-25(19-22)29-26(9-5-10-27(29)33)32(40,15-6-16-35-31(38)39)28-21-36(17-18-41-28)30(37)24-13-11-23(12-14-24)20-34-2/h4-5,7-10,19,23-24,28,34-35,40H,3,6,11-18,20-21H2,1-2H3,(H,38,39)/t23-,24-,28?,32?. The molecule has 0 bridgehead atoms. The number of carboxylic acid groups (broad SMARTS) is 1. The van der Waals surface area contributed by atoms with Gasteiger partial charge in [-0.3, -0.25) is 4.79 Å². The Bertz CT molecular complexity index is 1190. The number of hydrogen-bond donors (Lipinski definition) is 4. The molecule has 0 aromatic heterocycles. The number of nitrogens with zero attached hydrogens (tertiary/aromatic N) is 1. The molecule has 0 radical (unpaired) electrons. The van der Waals surface area contributed by atoms with E-state index in [0.29, 0.717) is 35.6 Å². The first-order valence-corrected chi connectivity index (χ1v) is 14.9. The Balaban J connectivity index is 1.63. The van der Waals surface area contributed by atoms with E-state index in [2.05, 4.69) is 10.6 Å². The molecule has 1 saturated carbocycles. The Kier molecular flexibility index (Phi) is 10.8. The van der Waals surface area contributed by atoms with Crippen molar-refractivity contribution in [2.75, 3.05) is 39.8 Å². The van der Waals surface area contributed by atoms with Crippen LogP contribution in [0.4, 0.5) is 9.18 Å². The van der Waals surface area contributed by atoms with Crippen LogP contribution < -0.4 is 10.6 Å². The predicted molar refractivity (Wildman–Crippen MR) is 156 cm³/mol. The van der Waals surface area contributed by atoms with Crippen LogP contribution in [-0.2, 0) is 21.6 Å². The molecule has 2 amide bonds. The van der Waals surface area contributed by atoms with E-state index >= 15 is 4.39 Å². The fourth-order valence-corrected chi connectivity index (χ4v) is 6.45. The molecule has 4 rings (SSSR count). The van der Waals surface area contributed by atoms with Gasteiger partial charge in [-0.15, -0.1) is 0 Å². The summed E-state index contributed by atoms with van der Waals surface area (Å²) in [6, 6.07) is 12.3. The number of hydrogen-bond acceptors (Lipinski definition) is 5. The van der Waals surface area contributed by atoms with Crippen molar-refractivity contribution in [1.82, 2.24) is 15.5 Å². The van der Waals surface area contributed by atoms with Crippen LogP contribution in [0.2, 0.25) is 0 Å². The summed E-state index contributed by atoms with van der Waals surface area (Å²) >= 11 is 0. The van der Waals surface area contributed by atoms with Crippen LogP contribution in [0.15, 0.2) is 42.5 Å². The van der Waals surface area contributed by atoms with Gasteiger partial charge in [-0.2, -0.15) is 0 Å². The minimum Gasteiger partial charge on any atom is -0.465 e. The quantitative estimate of drug-likeness (QED) is 0.296. The normalized spacial score (nSPS) is 22.6. The topological polar surface area (TPSA) is 111 Å². The Morgan fingerprint density at radius 3 is 2.61 bits per heavy atom. The molecule has 8 nitrogen and oxygen atoms in total. The van der Waals surface area contributed by atoms with E-state index in [-0.39, 0.29) is 37.9 Å². The van der Waals surface area contributed by atoms with Crippen LogP contribution in [0.1, 0.15) is 56.6 Å². The van der Waals surface area contributed by atoms with Crippen molar-refractivity contribution in [2.24, 2.45) is 11.8 Å². The van der Waals surface area contributed by atoms with Crippen molar-refractivity contribution in [1.29, 1.82) is 0 Å². The number of aryl methyl sites for hydroxylation is 1. The van der Waals surface area contributed by atoms with Gasteiger partial charge < -0.3 is 30.5 Å². The lowest BCUT2D eigenvalue weighted by atomic mass is 9.78. The maximum Gasteiger partial charge on any atom is 0.404 e. The molecular weight excluding hydrogens is 525 g/mol. The number of ether oxygens (including phenoxy) is 1. The van der Waals surface area contributed by atoms with E-state index in [1.54, 1.807) is 17.0 Å². The van der Waals surface area contributed by atoms with Gasteiger partial charge >= 0.3 is 6.09 Å². The van der Waals surface area contributed by atoms with Gasteiger partial charge in [-0.25, -0.2) is 9.18 Å². The number of morpholine rings is 1. The highest BCUT2D eigenvalue weighted by Crippen LogP contribution is 2.41. The van der Waals surface area contributed by atoms with Gasteiger partial charge in [0.15, 0.2) is 0 Å². The molecule has 1 aliphatic carbocycles. The molecule has 2 aliphatic rings. The second kappa shape index (κ2) is 14.2. The molecule has 2 aromatic carbocycles. The molecule has 2 fully saturated rings. The van der Waals surface area contributed by atoms with Crippen LogP contribution in [0.25, 0.3) is 11.1 Å². The second-order valence-electron chi connectivity index (χ2n) is 11.4. The van der Waals surface area contributed by atoms with Crippen molar-refractivity contribution < 1.29 is 28.9 Å².